The van der Waals surface area contributed by atoms with E-state index in [9.17, 15) is 26.3 Å². The van der Waals surface area contributed by atoms with Crippen LogP contribution in [0.25, 0.3) is 0 Å². The smallest absolute Gasteiger partial charge is 0.271 e. The minimum absolute atomic E-state index is 0.128. The Kier molecular flexibility index (Phi) is 4.46. The van der Waals surface area contributed by atoms with Gasteiger partial charge < -0.3 is 0 Å². The summed E-state index contributed by atoms with van der Waals surface area (Å²) in [7, 11) is 0. The predicted molar refractivity (Wildman–Crippen MR) is 53.6 cm³/mol. The molecule has 1 rings (SSSR count). The number of nitrogens with zero attached hydrogens (tertiary/aromatic N) is 2. The average molecular weight is 290 g/mol. The van der Waals surface area contributed by atoms with Gasteiger partial charge in [-0.25, -0.2) is 0 Å². The fraction of sp³-hybridized carbons (Fsp3) is 0.667. The van der Waals surface area contributed by atoms with Gasteiger partial charge in [-0.3, -0.25) is 16.0 Å². The number of nitrogens with two attached hydrogens (primary N) is 1. The van der Waals surface area contributed by atoms with Crippen LogP contribution in [0.3, 0.4) is 0 Å². The minimum Gasteiger partial charge on any atom is -0.271 e. The van der Waals surface area contributed by atoms with Crippen LogP contribution in [0.5, 0.6) is 0 Å². The first kappa shape index (κ1) is 15.8. The molecule has 1 aromatic heterocycles. The third kappa shape index (κ3) is 3.38. The van der Waals surface area contributed by atoms with E-state index in [1.165, 1.54) is 0 Å². The zero-order chi connectivity index (χ0) is 14.8. The van der Waals surface area contributed by atoms with E-state index in [2.05, 4.69) is 5.10 Å². The van der Waals surface area contributed by atoms with Crippen LogP contribution in [0.4, 0.5) is 26.3 Å². The van der Waals surface area contributed by atoms with Crippen molar-refractivity contribution in [2.75, 3.05) is 0 Å². The zero-order valence-electron chi connectivity index (χ0n) is 9.76. The molecule has 0 bridgehead atoms. The topological polar surface area (TPSA) is 55.9 Å². The second-order valence-electron chi connectivity index (χ2n) is 3.78. The minimum atomic E-state index is -5.47. The Balaban J connectivity index is 3.26. The highest BCUT2D eigenvalue weighted by Crippen LogP contribution is 2.46. The van der Waals surface area contributed by atoms with Crippen LogP contribution in [-0.4, -0.2) is 22.1 Å². The highest BCUT2D eigenvalue weighted by molar-refractivity contribution is 5.10. The molecule has 0 saturated heterocycles. The molecule has 10 heteroatoms. The van der Waals surface area contributed by atoms with E-state index in [0.29, 0.717) is 0 Å². The molecule has 0 aliphatic rings. The lowest BCUT2D eigenvalue weighted by Gasteiger charge is -2.30. The van der Waals surface area contributed by atoms with Gasteiger partial charge in [0.1, 0.15) is 0 Å². The van der Waals surface area contributed by atoms with E-state index >= 15 is 0 Å². The Labute approximate surface area is 104 Å². The maximum atomic E-state index is 12.6. The van der Waals surface area contributed by atoms with Gasteiger partial charge in [-0.15, -0.1) is 0 Å². The Bertz CT molecular complexity index is 396. The highest BCUT2D eigenvalue weighted by Gasteiger charge is 2.61. The summed E-state index contributed by atoms with van der Waals surface area (Å²) >= 11 is 0. The molecular weight excluding hydrogens is 278 g/mol. The van der Waals surface area contributed by atoms with Crippen LogP contribution in [0, 0.1) is 5.92 Å². The molecule has 0 aliphatic heterocycles. The fourth-order valence-electron chi connectivity index (χ4n) is 1.79. The van der Waals surface area contributed by atoms with Gasteiger partial charge in [0.05, 0.1) is 11.7 Å². The summed E-state index contributed by atoms with van der Waals surface area (Å²) in [4.78, 5) is 0. The molecule has 1 heterocycles. The first-order valence-electron chi connectivity index (χ1n) is 5.24. The summed E-state index contributed by atoms with van der Waals surface area (Å²) in [6, 6.07) is -1.08. The molecule has 1 atom stereocenters. The lowest BCUT2D eigenvalue weighted by atomic mass is 9.96. The molecule has 0 fully saturated rings. The van der Waals surface area contributed by atoms with Crippen LogP contribution in [0.2, 0.25) is 0 Å². The number of aromatic nitrogens is 2. The highest BCUT2D eigenvalue weighted by atomic mass is 19.4. The van der Waals surface area contributed by atoms with Crippen molar-refractivity contribution in [1.82, 2.24) is 15.2 Å². The summed E-state index contributed by atoms with van der Waals surface area (Å²) < 4.78 is 76.8. The van der Waals surface area contributed by atoms with Crippen molar-refractivity contribution in [2.45, 2.75) is 31.9 Å². The Morgan fingerprint density at radius 2 is 1.79 bits per heavy atom. The van der Waals surface area contributed by atoms with Crippen LogP contribution < -0.4 is 11.3 Å². The average Bonchev–Trinajstić information content (AvgIpc) is 2.69. The zero-order valence-corrected chi connectivity index (χ0v) is 9.76. The van der Waals surface area contributed by atoms with Crippen molar-refractivity contribution in [3.05, 3.63) is 18.0 Å². The number of halogens is 6. The number of rotatable bonds is 4. The first-order chi connectivity index (χ1) is 8.62. The number of hydrogen-bond acceptors (Lipinski definition) is 3. The summed E-state index contributed by atoms with van der Waals surface area (Å²) in [5, 5.41) is 3.64. The molecule has 0 aromatic carbocycles. The van der Waals surface area contributed by atoms with Gasteiger partial charge in [0.2, 0.25) is 0 Å². The van der Waals surface area contributed by atoms with Crippen LogP contribution in [0.1, 0.15) is 18.7 Å². The van der Waals surface area contributed by atoms with Gasteiger partial charge in [-0.2, -0.15) is 31.4 Å². The number of hydrogen-bond donors (Lipinski definition) is 2. The van der Waals surface area contributed by atoms with Crippen LogP contribution in [0.15, 0.2) is 12.3 Å². The van der Waals surface area contributed by atoms with Crippen molar-refractivity contribution in [3.63, 3.8) is 0 Å². The molecule has 4 nitrogen and oxygen atoms in total. The summed E-state index contributed by atoms with van der Waals surface area (Å²) in [5.41, 5.74) is 1.32. The Morgan fingerprint density at radius 3 is 2.16 bits per heavy atom. The summed E-state index contributed by atoms with van der Waals surface area (Å²) in [5.74, 6) is 1.29. The Morgan fingerprint density at radius 1 is 1.26 bits per heavy atom. The maximum Gasteiger partial charge on any atom is 0.402 e. The molecule has 0 saturated carbocycles. The fourth-order valence-corrected chi connectivity index (χ4v) is 1.79. The van der Waals surface area contributed by atoms with Gasteiger partial charge >= 0.3 is 12.4 Å². The molecule has 1 aromatic rings. The second-order valence-corrected chi connectivity index (χ2v) is 3.78. The number of hydrazine groups is 1. The lowest BCUT2D eigenvalue weighted by Crippen LogP contribution is -2.48. The van der Waals surface area contributed by atoms with E-state index < -0.39 is 24.3 Å². The summed E-state index contributed by atoms with van der Waals surface area (Å²) in [6.45, 7) is 1.67. The predicted octanol–water partition coefficient (Wildman–Crippen LogP) is 2.15. The van der Waals surface area contributed by atoms with E-state index in [1.54, 1.807) is 12.3 Å². The van der Waals surface area contributed by atoms with E-state index in [0.717, 1.165) is 16.9 Å². The van der Waals surface area contributed by atoms with Crippen molar-refractivity contribution >= 4 is 0 Å². The number of aryl methyl sites for hydroxylation is 1. The third-order valence-electron chi connectivity index (χ3n) is 2.59. The number of nitrogens with one attached hydrogen (secondary N) is 1. The van der Waals surface area contributed by atoms with Gasteiger partial charge in [-0.1, -0.05) is 0 Å². The normalized spacial score (nSPS) is 15.0. The van der Waals surface area contributed by atoms with Gasteiger partial charge in [0, 0.05) is 12.7 Å². The molecule has 0 spiro atoms. The third-order valence-corrected chi connectivity index (χ3v) is 2.59. The van der Waals surface area contributed by atoms with E-state index in [1.807, 2.05) is 0 Å². The molecule has 0 aliphatic carbocycles. The SMILES string of the molecule is CCn1nccc1C(NN)C(C(F)(F)F)C(F)(F)F. The standard InChI is InChI=1S/C9H12F6N4/c1-2-19-5(3-4-17-19)6(18-16)7(8(10,11)12)9(13,14)15/h3-4,6-7,18H,2,16H2,1H3. The van der Waals surface area contributed by atoms with Crippen LogP contribution >= 0.6 is 0 Å². The van der Waals surface area contributed by atoms with Crippen molar-refractivity contribution in [2.24, 2.45) is 11.8 Å². The second kappa shape index (κ2) is 5.37. The molecule has 0 radical (unpaired) electrons. The maximum absolute atomic E-state index is 12.6. The molecule has 0 amide bonds. The monoisotopic (exact) mass is 290 g/mol. The van der Waals surface area contributed by atoms with E-state index in [4.69, 9.17) is 5.84 Å². The van der Waals surface area contributed by atoms with Crippen molar-refractivity contribution < 1.29 is 26.3 Å². The van der Waals surface area contributed by atoms with Gasteiger partial charge in [0.15, 0.2) is 5.92 Å². The number of alkyl halides is 6. The first-order valence-corrected chi connectivity index (χ1v) is 5.24. The van der Waals surface area contributed by atoms with Crippen LogP contribution in [-0.2, 0) is 6.54 Å². The Hall–Kier alpha value is -1.29. The van der Waals surface area contributed by atoms with Crippen molar-refractivity contribution in [3.8, 4) is 0 Å². The largest absolute Gasteiger partial charge is 0.402 e. The molecule has 19 heavy (non-hydrogen) atoms. The van der Waals surface area contributed by atoms with Crippen molar-refractivity contribution in [1.29, 1.82) is 0 Å². The molecule has 3 N–H and O–H groups in total. The van der Waals surface area contributed by atoms with Gasteiger partial charge in [-0.05, 0) is 13.0 Å². The quantitative estimate of drug-likeness (QED) is 0.507. The summed E-state index contributed by atoms with van der Waals surface area (Å²) in [6.07, 6.45) is -9.83. The molecule has 1 unspecified atom stereocenters. The molecular formula is C9H12F6N4. The van der Waals surface area contributed by atoms with E-state index in [-0.39, 0.29) is 12.2 Å². The lowest BCUT2D eigenvalue weighted by molar-refractivity contribution is -0.293. The molecule has 110 valence electrons. The van der Waals surface area contributed by atoms with Gasteiger partial charge in [0.25, 0.3) is 0 Å².